The highest BCUT2D eigenvalue weighted by atomic mass is 16.4. The lowest BCUT2D eigenvalue weighted by atomic mass is 9.93. The minimum atomic E-state index is -0.740. The minimum absolute atomic E-state index is 0.590. The molecule has 0 aliphatic carbocycles. The maximum absolute atomic E-state index is 11.2. The van der Waals surface area contributed by atoms with E-state index in [1.54, 1.807) is 13.8 Å². The molecule has 0 spiro atoms. The quantitative estimate of drug-likeness (QED) is 0.816. The molecular formula is C15H23N3O2. The zero-order valence-electron chi connectivity index (χ0n) is 12.2. The van der Waals surface area contributed by atoms with E-state index in [2.05, 4.69) is 15.9 Å². The molecular weight excluding hydrogens is 254 g/mol. The van der Waals surface area contributed by atoms with Crippen LogP contribution in [0.15, 0.2) is 24.3 Å². The molecule has 1 fully saturated rings. The number of benzene rings is 1. The van der Waals surface area contributed by atoms with Crippen LogP contribution in [0.25, 0.3) is 0 Å². The van der Waals surface area contributed by atoms with E-state index < -0.39 is 11.4 Å². The molecule has 5 heteroatoms. The number of aliphatic carboxylic acids is 1. The van der Waals surface area contributed by atoms with Crippen molar-refractivity contribution in [2.24, 2.45) is 5.41 Å². The highest BCUT2D eigenvalue weighted by molar-refractivity contribution is 5.73. The van der Waals surface area contributed by atoms with Crippen LogP contribution in [0.5, 0.6) is 0 Å². The first-order valence-corrected chi connectivity index (χ1v) is 6.95. The van der Waals surface area contributed by atoms with Crippen molar-refractivity contribution in [2.75, 3.05) is 43.4 Å². The Morgan fingerprint density at radius 3 is 2.50 bits per heavy atom. The third-order valence-corrected chi connectivity index (χ3v) is 3.81. The second-order valence-electron chi connectivity index (χ2n) is 6.05. The van der Waals surface area contributed by atoms with Crippen molar-refractivity contribution in [1.29, 1.82) is 0 Å². The molecule has 110 valence electrons. The Hall–Kier alpha value is -1.75. The molecule has 0 bridgehead atoms. The maximum atomic E-state index is 11.2. The fourth-order valence-electron chi connectivity index (χ4n) is 2.51. The van der Waals surface area contributed by atoms with Gasteiger partial charge in [0.15, 0.2) is 0 Å². The highest BCUT2D eigenvalue weighted by Crippen LogP contribution is 2.22. The third-order valence-electron chi connectivity index (χ3n) is 3.81. The van der Waals surface area contributed by atoms with Gasteiger partial charge < -0.3 is 15.7 Å². The van der Waals surface area contributed by atoms with Crippen molar-refractivity contribution in [3.8, 4) is 0 Å². The predicted octanol–water partition coefficient (Wildman–Crippen LogP) is 1.50. The van der Waals surface area contributed by atoms with Gasteiger partial charge in [-0.2, -0.15) is 0 Å². The molecule has 3 N–H and O–H groups in total. The van der Waals surface area contributed by atoms with Crippen molar-refractivity contribution in [3.05, 3.63) is 24.3 Å². The van der Waals surface area contributed by atoms with Crippen LogP contribution in [0, 0.1) is 5.41 Å². The Balaban J connectivity index is 1.91. The van der Waals surface area contributed by atoms with E-state index in [0.717, 1.165) is 37.6 Å². The molecule has 0 atom stereocenters. The van der Waals surface area contributed by atoms with E-state index in [9.17, 15) is 9.90 Å². The van der Waals surface area contributed by atoms with Gasteiger partial charge in [0.05, 0.1) is 5.41 Å². The first-order valence-electron chi connectivity index (χ1n) is 6.95. The van der Waals surface area contributed by atoms with E-state index >= 15 is 0 Å². The van der Waals surface area contributed by atoms with Crippen molar-refractivity contribution in [3.63, 3.8) is 0 Å². The van der Waals surface area contributed by atoms with E-state index in [0.29, 0.717) is 6.54 Å². The third kappa shape index (κ3) is 3.42. The summed E-state index contributed by atoms with van der Waals surface area (Å²) >= 11 is 0. The monoisotopic (exact) mass is 277 g/mol. The zero-order valence-corrected chi connectivity index (χ0v) is 12.2. The van der Waals surface area contributed by atoms with Gasteiger partial charge in [0.1, 0.15) is 0 Å². The molecule has 0 unspecified atom stereocenters. The largest absolute Gasteiger partial charge is 0.481 e. The molecule has 0 aromatic heterocycles. The average molecular weight is 277 g/mol. The van der Waals surface area contributed by atoms with Gasteiger partial charge in [0.25, 0.3) is 0 Å². The number of anilines is 2. The summed E-state index contributed by atoms with van der Waals surface area (Å²) in [5.41, 5.74) is 7.03. The molecule has 1 aromatic carbocycles. The Kier molecular flexibility index (Phi) is 4.18. The fourth-order valence-corrected chi connectivity index (χ4v) is 2.51. The first kappa shape index (κ1) is 14.7. The van der Waals surface area contributed by atoms with Crippen LogP contribution in [0.4, 0.5) is 11.4 Å². The summed E-state index contributed by atoms with van der Waals surface area (Å²) in [7, 11) is 0. The minimum Gasteiger partial charge on any atom is -0.481 e. The molecule has 0 saturated carbocycles. The molecule has 1 aliphatic rings. The highest BCUT2D eigenvalue weighted by Gasteiger charge is 2.31. The number of nitrogen functional groups attached to an aromatic ring is 1. The van der Waals surface area contributed by atoms with Crippen LogP contribution in [0.3, 0.4) is 0 Å². The summed E-state index contributed by atoms with van der Waals surface area (Å²) in [6.45, 7) is 7.71. The van der Waals surface area contributed by atoms with Crippen LogP contribution >= 0.6 is 0 Å². The lowest BCUT2D eigenvalue weighted by molar-refractivity contribution is -0.148. The summed E-state index contributed by atoms with van der Waals surface area (Å²) in [5.74, 6) is -0.740. The smallest absolute Gasteiger partial charge is 0.310 e. The Bertz CT molecular complexity index is 480. The Labute approximate surface area is 120 Å². The molecule has 0 radical (unpaired) electrons. The van der Waals surface area contributed by atoms with Gasteiger partial charge in [-0.05, 0) is 32.0 Å². The first-order chi connectivity index (χ1) is 9.38. The molecule has 20 heavy (non-hydrogen) atoms. The van der Waals surface area contributed by atoms with Crippen molar-refractivity contribution >= 4 is 17.3 Å². The van der Waals surface area contributed by atoms with Gasteiger partial charge in [-0.3, -0.25) is 9.69 Å². The number of nitrogens with zero attached hydrogens (tertiary/aromatic N) is 2. The van der Waals surface area contributed by atoms with Crippen LogP contribution < -0.4 is 10.6 Å². The average Bonchev–Trinajstić information content (AvgIpc) is 2.39. The number of nitrogens with two attached hydrogens (primary N) is 1. The number of rotatable bonds is 4. The summed E-state index contributed by atoms with van der Waals surface area (Å²) in [6, 6.07) is 7.89. The van der Waals surface area contributed by atoms with E-state index in [-0.39, 0.29) is 0 Å². The van der Waals surface area contributed by atoms with Crippen LogP contribution in [-0.2, 0) is 4.79 Å². The molecule has 1 aromatic rings. The summed E-state index contributed by atoms with van der Waals surface area (Å²) in [6.07, 6.45) is 0. The summed E-state index contributed by atoms with van der Waals surface area (Å²) in [4.78, 5) is 15.7. The summed E-state index contributed by atoms with van der Waals surface area (Å²) in [5, 5.41) is 9.18. The van der Waals surface area contributed by atoms with E-state index in [4.69, 9.17) is 5.73 Å². The SMILES string of the molecule is CC(C)(CN1CCN(c2cccc(N)c2)CC1)C(=O)O. The molecule has 2 rings (SSSR count). The van der Waals surface area contributed by atoms with Crippen molar-refractivity contribution in [1.82, 2.24) is 4.90 Å². The van der Waals surface area contributed by atoms with Crippen LogP contribution in [0.1, 0.15) is 13.8 Å². The van der Waals surface area contributed by atoms with Crippen molar-refractivity contribution in [2.45, 2.75) is 13.8 Å². The second-order valence-corrected chi connectivity index (χ2v) is 6.05. The number of carboxylic acids is 1. The number of piperazine rings is 1. The standard InChI is InChI=1S/C15H23N3O2/c1-15(2,14(19)20)11-17-6-8-18(9-7-17)13-5-3-4-12(16)10-13/h3-5,10H,6-9,11,16H2,1-2H3,(H,19,20). The number of carbonyl (C=O) groups is 1. The number of carboxylic acid groups (broad SMARTS) is 1. The normalized spacial score (nSPS) is 17.2. The van der Waals surface area contributed by atoms with Crippen LogP contribution in [0.2, 0.25) is 0 Å². The number of hydrogen-bond acceptors (Lipinski definition) is 4. The fraction of sp³-hybridized carbons (Fsp3) is 0.533. The molecule has 1 heterocycles. The lowest BCUT2D eigenvalue weighted by Gasteiger charge is -2.38. The second kappa shape index (κ2) is 5.71. The molecule has 0 amide bonds. The summed E-state index contributed by atoms with van der Waals surface area (Å²) < 4.78 is 0. The Morgan fingerprint density at radius 2 is 1.95 bits per heavy atom. The van der Waals surface area contributed by atoms with E-state index in [1.807, 2.05) is 18.2 Å². The van der Waals surface area contributed by atoms with E-state index in [1.165, 1.54) is 0 Å². The molecule has 1 aliphatic heterocycles. The van der Waals surface area contributed by atoms with Gasteiger partial charge in [-0.15, -0.1) is 0 Å². The Morgan fingerprint density at radius 1 is 1.30 bits per heavy atom. The zero-order chi connectivity index (χ0) is 14.8. The van der Waals surface area contributed by atoms with Gasteiger partial charge in [0.2, 0.25) is 0 Å². The van der Waals surface area contributed by atoms with Gasteiger partial charge in [0, 0.05) is 44.1 Å². The van der Waals surface area contributed by atoms with Crippen molar-refractivity contribution < 1.29 is 9.90 Å². The lowest BCUT2D eigenvalue weighted by Crippen LogP contribution is -2.50. The van der Waals surface area contributed by atoms with Gasteiger partial charge >= 0.3 is 5.97 Å². The van der Waals surface area contributed by atoms with Gasteiger partial charge in [-0.25, -0.2) is 0 Å². The number of hydrogen-bond donors (Lipinski definition) is 2. The van der Waals surface area contributed by atoms with Crippen LogP contribution in [-0.4, -0.2) is 48.7 Å². The molecule has 1 saturated heterocycles. The van der Waals surface area contributed by atoms with Gasteiger partial charge in [-0.1, -0.05) is 6.07 Å². The predicted molar refractivity (Wildman–Crippen MR) is 80.9 cm³/mol. The topological polar surface area (TPSA) is 69.8 Å². The maximum Gasteiger partial charge on any atom is 0.310 e. The molecule has 5 nitrogen and oxygen atoms in total.